The second kappa shape index (κ2) is 5.82. The van der Waals surface area contributed by atoms with Crippen LogP contribution in [-0.2, 0) is 16.4 Å². The summed E-state index contributed by atoms with van der Waals surface area (Å²) >= 11 is 6.01. The van der Waals surface area contributed by atoms with Crippen LogP contribution in [0.5, 0.6) is 0 Å². The van der Waals surface area contributed by atoms with Crippen molar-refractivity contribution in [2.24, 2.45) is 0 Å². The van der Waals surface area contributed by atoms with Gasteiger partial charge in [-0.25, -0.2) is 8.42 Å². The summed E-state index contributed by atoms with van der Waals surface area (Å²) in [7, 11) is -3.03. The van der Waals surface area contributed by atoms with E-state index >= 15 is 0 Å². The van der Waals surface area contributed by atoms with Gasteiger partial charge in [0.25, 0.3) is 0 Å². The minimum absolute atomic E-state index is 0.0759. The normalized spacial score (nSPS) is 14.2. The van der Waals surface area contributed by atoms with Crippen LogP contribution < -0.4 is 0 Å². The molecule has 0 spiro atoms. The molecule has 1 aromatic rings. The van der Waals surface area contributed by atoms with Crippen LogP contribution in [-0.4, -0.2) is 34.4 Å². The summed E-state index contributed by atoms with van der Waals surface area (Å²) in [6.45, 7) is 5.63. The van der Waals surface area contributed by atoms with Crippen molar-refractivity contribution in [3.05, 3.63) is 11.9 Å². The zero-order valence-corrected chi connectivity index (χ0v) is 11.9. The van der Waals surface area contributed by atoms with Gasteiger partial charge in [0.2, 0.25) is 0 Å². The number of hydrogen-bond donors (Lipinski definition) is 0. The van der Waals surface area contributed by atoms with Crippen molar-refractivity contribution in [1.82, 2.24) is 15.0 Å². The lowest BCUT2D eigenvalue weighted by Gasteiger charge is -2.06. The number of rotatable bonds is 6. The molecule has 17 heavy (non-hydrogen) atoms. The van der Waals surface area contributed by atoms with Crippen molar-refractivity contribution >= 4 is 21.4 Å². The van der Waals surface area contributed by atoms with Gasteiger partial charge in [0.05, 0.1) is 22.9 Å². The van der Waals surface area contributed by atoms with Gasteiger partial charge in [0.1, 0.15) is 5.69 Å². The van der Waals surface area contributed by atoms with Crippen molar-refractivity contribution < 1.29 is 8.42 Å². The van der Waals surface area contributed by atoms with Crippen LogP contribution in [0.4, 0.5) is 0 Å². The number of hydrogen-bond acceptors (Lipinski definition) is 4. The van der Waals surface area contributed by atoms with E-state index in [9.17, 15) is 8.42 Å². The molecule has 1 atom stereocenters. The highest BCUT2D eigenvalue weighted by atomic mass is 35.5. The third-order valence-electron chi connectivity index (χ3n) is 2.56. The third-order valence-corrected chi connectivity index (χ3v) is 5.28. The minimum atomic E-state index is -3.03. The van der Waals surface area contributed by atoms with E-state index in [0.29, 0.717) is 12.2 Å². The average molecular weight is 280 g/mol. The molecule has 0 N–H and O–H groups in total. The number of alkyl halides is 1. The highest BCUT2D eigenvalue weighted by molar-refractivity contribution is 7.91. The van der Waals surface area contributed by atoms with Gasteiger partial charge in [-0.15, -0.1) is 16.7 Å². The van der Waals surface area contributed by atoms with Crippen LogP contribution in [0, 0.1) is 0 Å². The van der Waals surface area contributed by atoms with Crippen LogP contribution in [0.3, 0.4) is 0 Å². The molecule has 7 heteroatoms. The molecule has 0 fully saturated rings. The Kier molecular flexibility index (Phi) is 4.94. The Hall–Kier alpha value is -0.620. The molecule has 0 aliphatic rings. The van der Waals surface area contributed by atoms with Gasteiger partial charge in [0, 0.05) is 6.20 Å². The molecular formula is C10H18ClN3O2S. The van der Waals surface area contributed by atoms with Crippen LogP contribution in [0.2, 0.25) is 0 Å². The molecule has 98 valence electrons. The predicted octanol–water partition coefficient (Wildman–Crippen LogP) is 1.79. The largest absolute Gasteiger partial charge is 0.251 e. The van der Waals surface area contributed by atoms with Gasteiger partial charge in [-0.2, -0.15) is 0 Å². The predicted molar refractivity (Wildman–Crippen MR) is 67.8 cm³/mol. The lowest BCUT2D eigenvalue weighted by atomic mass is 10.3. The Bertz CT molecular complexity index is 456. The Morgan fingerprint density at radius 1 is 1.47 bits per heavy atom. The lowest BCUT2D eigenvalue weighted by Crippen LogP contribution is -2.21. The molecule has 5 nitrogen and oxygen atoms in total. The lowest BCUT2D eigenvalue weighted by molar-refractivity contribution is 0.568. The Balaban J connectivity index is 2.62. The molecule has 0 aliphatic carbocycles. The zero-order valence-electron chi connectivity index (χ0n) is 10.3. The van der Waals surface area contributed by atoms with Crippen LogP contribution >= 0.6 is 11.6 Å². The average Bonchev–Trinajstić information content (AvgIpc) is 2.74. The first kappa shape index (κ1) is 14.4. The number of halogens is 1. The first-order valence-electron chi connectivity index (χ1n) is 5.62. The number of nitrogens with zero attached hydrogens (tertiary/aromatic N) is 3. The maximum atomic E-state index is 11.6. The molecule has 1 unspecified atom stereocenters. The van der Waals surface area contributed by atoms with Crippen molar-refractivity contribution in [3.63, 3.8) is 0 Å². The topological polar surface area (TPSA) is 64.8 Å². The Labute approximate surface area is 107 Å². The fourth-order valence-corrected chi connectivity index (χ4v) is 2.24. The van der Waals surface area contributed by atoms with E-state index in [1.807, 2.05) is 6.92 Å². The van der Waals surface area contributed by atoms with Crippen LogP contribution in [0.15, 0.2) is 6.20 Å². The molecule has 1 rings (SSSR count). The molecule has 0 saturated carbocycles. The number of aromatic nitrogens is 3. The summed E-state index contributed by atoms with van der Waals surface area (Å²) in [6, 6.07) is 0. The molecule has 1 heterocycles. The van der Waals surface area contributed by atoms with Crippen molar-refractivity contribution in [2.45, 2.75) is 44.4 Å². The van der Waals surface area contributed by atoms with Crippen molar-refractivity contribution in [2.75, 3.05) is 5.75 Å². The third kappa shape index (κ3) is 3.96. The quantitative estimate of drug-likeness (QED) is 0.745. The van der Waals surface area contributed by atoms with Gasteiger partial charge in [-0.05, 0) is 20.3 Å². The molecule has 0 aromatic carbocycles. The maximum Gasteiger partial charge on any atom is 0.154 e. The van der Waals surface area contributed by atoms with E-state index in [1.165, 1.54) is 4.68 Å². The summed E-state index contributed by atoms with van der Waals surface area (Å²) in [6.07, 6.45) is 2.47. The minimum Gasteiger partial charge on any atom is -0.251 e. The van der Waals surface area contributed by atoms with E-state index in [1.54, 1.807) is 20.0 Å². The van der Waals surface area contributed by atoms with E-state index in [2.05, 4.69) is 10.3 Å². The van der Waals surface area contributed by atoms with Gasteiger partial charge < -0.3 is 0 Å². The molecule has 0 bridgehead atoms. The van der Waals surface area contributed by atoms with Gasteiger partial charge in [-0.1, -0.05) is 12.1 Å². The fourth-order valence-electron chi connectivity index (χ4n) is 1.23. The first-order chi connectivity index (χ1) is 7.86. The monoisotopic (exact) mass is 279 g/mol. The summed E-state index contributed by atoms with van der Waals surface area (Å²) in [5.41, 5.74) is 0.691. The molecule has 0 amide bonds. The van der Waals surface area contributed by atoms with Crippen molar-refractivity contribution in [3.8, 4) is 0 Å². The van der Waals surface area contributed by atoms with Crippen LogP contribution in [0.25, 0.3) is 0 Å². The highest BCUT2D eigenvalue weighted by Crippen LogP contribution is 2.20. The van der Waals surface area contributed by atoms with E-state index in [0.717, 1.165) is 6.42 Å². The second-order valence-corrected chi connectivity index (χ2v) is 7.40. The van der Waals surface area contributed by atoms with E-state index < -0.39 is 9.84 Å². The summed E-state index contributed by atoms with van der Waals surface area (Å²) in [5, 5.41) is 7.26. The molecule has 0 aliphatic heterocycles. The van der Waals surface area contributed by atoms with E-state index in [4.69, 9.17) is 11.6 Å². The smallest absolute Gasteiger partial charge is 0.154 e. The van der Waals surface area contributed by atoms with Gasteiger partial charge in [-0.3, -0.25) is 4.68 Å². The fraction of sp³-hybridized carbons (Fsp3) is 0.800. The Morgan fingerprint density at radius 3 is 2.65 bits per heavy atom. The molecular weight excluding hydrogens is 262 g/mol. The summed E-state index contributed by atoms with van der Waals surface area (Å²) in [5.74, 6) is 0.0759. The van der Waals surface area contributed by atoms with Crippen LogP contribution in [0.1, 0.15) is 38.3 Å². The molecule has 0 saturated heterocycles. The van der Waals surface area contributed by atoms with Gasteiger partial charge >= 0.3 is 0 Å². The second-order valence-electron chi connectivity index (χ2n) is 4.20. The highest BCUT2D eigenvalue weighted by Gasteiger charge is 2.17. The number of aryl methyl sites for hydroxylation is 1. The summed E-state index contributed by atoms with van der Waals surface area (Å²) in [4.78, 5) is 0. The first-order valence-corrected chi connectivity index (χ1v) is 7.77. The molecule has 0 radical (unpaired) electrons. The maximum absolute atomic E-state index is 11.6. The van der Waals surface area contributed by atoms with Crippen molar-refractivity contribution in [1.29, 1.82) is 0 Å². The Morgan fingerprint density at radius 2 is 2.12 bits per heavy atom. The summed E-state index contributed by atoms with van der Waals surface area (Å²) < 4.78 is 24.8. The van der Waals surface area contributed by atoms with Gasteiger partial charge in [0.15, 0.2) is 9.84 Å². The van der Waals surface area contributed by atoms with E-state index in [-0.39, 0.29) is 16.4 Å². The standard InChI is InChI=1S/C10H18ClN3O2S/c1-4-9(11)10-7-14(13-12-10)5-6-17(15,16)8(2)3/h7-9H,4-6H2,1-3H3. The SMILES string of the molecule is CCC(Cl)c1cn(CCS(=O)(=O)C(C)C)nn1. The zero-order chi connectivity index (χ0) is 13.1. The molecule has 1 aromatic heterocycles. The number of sulfone groups is 1.